The van der Waals surface area contributed by atoms with Gasteiger partial charge in [-0.15, -0.1) is 0 Å². The van der Waals surface area contributed by atoms with E-state index in [2.05, 4.69) is 18.7 Å². The summed E-state index contributed by atoms with van der Waals surface area (Å²) in [5.74, 6) is 0.116. The number of aliphatic hydroxyl groups is 1. The second-order valence-electron chi connectivity index (χ2n) is 7.55. The lowest BCUT2D eigenvalue weighted by Gasteiger charge is -2.25. The molecular formula is C24H30N2O5. The summed E-state index contributed by atoms with van der Waals surface area (Å²) in [7, 11) is 1.53. The topological polar surface area (TPSA) is 83.2 Å². The Morgan fingerprint density at radius 1 is 1.19 bits per heavy atom. The molecular weight excluding hydrogens is 396 g/mol. The zero-order valence-electron chi connectivity index (χ0n) is 18.6. The highest BCUT2D eigenvalue weighted by Crippen LogP contribution is 2.40. The molecule has 1 aliphatic rings. The number of nitrogens with zero attached hydrogens (tertiary/aromatic N) is 2. The van der Waals surface area contributed by atoms with E-state index < -0.39 is 17.7 Å². The van der Waals surface area contributed by atoms with Gasteiger partial charge in [-0.05, 0) is 57.2 Å². The normalized spacial score (nSPS) is 18.2. The van der Waals surface area contributed by atoms with Gasteiger partial charge in [0.05, 0.1) is 12.7 Å². The number of rotatable bonds is 9. The number of amides is 1. The number of hydrogen-bond donors (Lipinski definition) is 1. The van der Waals surface area contributed by atoms with Crippen molar-refractivity contribution in [3.8, 4) is 5.75 Å². The van der Waals surface area contributed by atoms with Crippen molar-refractivity contribution >= 4 is 17.4 Å². The number of benzene rings is 1. The molecule has 1 aromatic heterocycles. The van der Waals surface area contributed by atoms with Crippen molar-refractivity contribution in [3.05, 3.63) is 59.1 Å². The van der Waals surface area contributed by atoms with Gasteiger partial charge in [0.25, 0.3) is 11.7 Å². The van der Waals surface area contributed by atoms with Crippen LogP contribution >= 0.6 is 0 Å². The SMILES string of the molecule is CCN(CC)CCCN1C(=O)C(=O)C(=C(O)c2cccc(OC)c2)C1c1ccc(C)o1. The van der Waals surface area contributed by atoms with E-state index in [1.165, 1.54) is 12.0 Å². The van der Waals surface area contributed by atoms with Crippen LogP contribution in [0, 0.1) is 6.92 Å². The molecule has 31 heavy (non-hydrogen) atoms. The van der Waals surface area contributed by atoms with Crippen molar-refractivity contribution in [1.82, 2.24) is 9.80 Å². The van der Waals surface area contributed by atoms with Crippen LogP contribution in [0.5, 0.6) is 5.75 Å². The van der Waals surface area contributed by atoms with E-state index in [-0.39, 0.29) is 11.3 Å². The van der Waals surface area contributed by atoms with E-state index in [4.69, 9.17) is 9.15 Å². The number of carbonyl (C=O) groups is 2. The maximum atomic E-state index is 13.0. The summed E-state index contributed by atoms with van der Waals surface area (Å²) >= 11 is 0. The van der Waals surface area contributed by atoms with E-state index in [0.29, 0.717) is 35.8 Å². The summed E-state index contributed by atoms with van der Waals surface area (Å²) in [4.78, 5) is 29.7. The molecule has 0 spiro atoms. The molecule has 1 N–H and O–H groups in total. The molecule has 0 radical (unpaired) electrons. The second-order valence-corrected chi connectivity index (χ2v) is 7.55. The summed E-state index contributed by atoms with van der Waals surface area (Å²) in [6.07, 6.45) is 0.712. The Hall–Kier alpha value is -3.06. The molecule has 0 bridgehead atoms. The molecule has 1 amide bonds. The van der Waals surface area contributed by atoms with Gasteiger partial charge in [0.15, 0.2) is 0 Å². The van der Waals surface area contributed by atoms with Crippen molar-refractivity contribution in [2.75, 3.05) is 33.3 Å². The highest BCUT2D eigenvalue weighted by atomic mass is 16.5. The number of aliphatic hydroxyl groups excluding tert-OH is 1. The highest BCUT2D eigenvalue weighted by Gasteiger charge is 2.47. The van der Waals surface area contributed by atoms with Gasteiger partial charge in [0, 0.05) is 12.1 Å². The monoisotopic (exact) mass is 426 g/mol. The quantitative estimate of drug-likeness (QED) is 0.374. The fourth-order valence-corrected chi connectivity index (χ4v) is 3.94. The molecule has 0 saturated carbocycles. The molecule has 1 unspecified atom stereocenters. The number of furan rings is 1. The summed E-state index contributed by atoms with van der Waals surface area (Å²) in [6.45, 7) is 9.04. The number of carbonyl (C=O) groups excluding carboxylic acids is 2. The zero-order chi connectivity index (χ0) is 22.5. The number of ether oxygens (including phenoxy) is 1. The number of aryl methyl sites for hydroxylation is 1. The van der Waals surface area contributed by atoms with Gasteiger partial charge in [-0.1, -0.05) is 26.0 Å². The summed E-state index contributed by atoms with van der Waals surface area (Å²) in [6, 6.07) is 9.55. The molecule has 1 aliphatic heterocycles. The number of likely N-dealkylation sites (tertiary alicyclic amines) is 1. The van der Waals surface area contributed by atoms with Gasteiger partial charge in [0.2, 0.25) is 0 Å². The Morgan fingerprint density at radius 2 is 1.94 bits per heavy atom. The number of methoxy groups -OCH3 is 1. The largest absolute Gasteiger partial charge is 0.507 e. The smallest absolute Gasteiger partial charge is 0.295 e. The van der Waals surface area contributed by atoms with E-state index >= 15 is 0 Å². The van der Waals surface area contributed by atoms with Gasteiger partial charge in [-0.25, -0.2) is 0 Å². The Balaban J connectivity index is 2.01. The minimum absolute atomic E-state index is 0.0374. The molecule has 2 aromatic rings. The van der Waals surface area contributed by atoms with Gasteiger partial charge < -0.3 is 24.1 Å². The van der Waals surface area contributed by atoms with Crippen LogP contribution < -0.4 is 4.74 Å². The van der Waals surface area contributed by atoms with Crippen LogP contribution in [0.3, 0.4) is 0 Å². The minimum atomic E-state index is -0.767. The van der Waals surface area contributed by atoms with Crippen molar-refractivity contribution in [3.63, 3.8) is 0 Å². The van der Waals surface area contributed by atoms with Crippen LogP contribution in [0.2, 0.25) is 0 Å². The first-order valence-electron chi connectivity index (χ1n) is 10.6. The molecule has 166 valence electrons. The van der Waals surface area contributed by atoms with Gasteiger partial charge >= 0.3 is 0 Å². The Bertz CT molecular complexity index is 974. The second kappa shape index (κ2) is 9.83. The van der Waals surface area contributed by atoms with Gasteiger partial charge in [-0.3, -0.25) is 9.59 Å². The number of ketones is 1. The first-order chi connectivity index (χ1) is 14.9. The Morgan fingerprint density at radius 3 is 2.55 bits per heavy atom. The number of hydrogen-bond acceptors (Lipinski definition) is 6. The average molecular weight is 427 g/mol. The van der Waals surface area contributed by atoms with Crippen LogP contribution in [-0.4, -0.2) is 59.9 Å². The summed E-state index contributed by atoms with van der Waals surface area (Å²) in [5.41, 5.74) is 0.448. The lowest BCUT2D eigenvalue weighted by atomic mass is 9.99. The van der Waals surface area contributed by atoms with Gasteiger partial charge in [-0.2, -0.15) is 0 Å². The summed E-state index contributed by atoms with van der Waals surface area (Å²) in [5, 5.41) is 11.0. The number of Topliss-reactive ketones (excluding diaryl/α,β-unsaturated/α-hetero) is 1. The molecule has 1 aromatic carbocycles. The molecule has 1 atom stereocenters. The lowest BCUT2D eigenvalue weighted by molar-refractivity contribution is -0.140. The predicted molar refractivity (Wildman–Crippen MR) is 118 cm³/mol. The Labute approximate surface area is 182 Å². The minimum Gasteiger partial charge on any atom is -0.507 e. The predicted octanol–water partition coefficient (Wildman–Crippen LogP) is 3.75. The molecule has 3 rings (SSSR count). The van der Waals surface area contributed by atoms with Gasteiger partial charge in [0.1, 0.15) is 29.1 Å². The van der Waals surface area contributed by atoms with Crippen molar-refractivity contribution in [2.24, 2.45) is 0 Å². The molecule has 7 heteroatoms. The van der Waals surface area contributed by atoms with E-state index in [0.717, 1.165) is 19.6 Å². The molecule has 1 fully saturated rings. The lowest BCUT2D eigenvalue weighted by Crippen LogP contribution is -2.33. The van der Waals surface area contributed by atoms with Crippen LogP contribution in [0.25, 0.3) is 5.76 Å². The van der Waals surface area contributed by atoms with Crippen molar-refractivity contribution in [2.45, 2.75) is 33.2 Å². The first-order valence-corrected chi connectivity index (χ1v) is 10.6. The van der Waals surface area contributed by atoms with Crippen LogP contribution in [-0.2, 0) is 9.59 Å². The van der Waals surface area contributed by atoms with Crippen molar-refractivity contribution < 1.29 is 23.8 Å². The third-order valence-corrected chi connectivity index (χ3v) is 5.68. The molecule has 1 saturated heterocycles. The maximum Gasteiger partial charge on any atom is 0.295 e. The molecule has 7 nitrogen and oxygen atoms in total. The van der Waals surface area contributed by atoms with E-state index in [9.17, 15) is 14.7 Å². The van der Waals surface area contributed by atoms with Crippen molar-refractivity contribution in [1.29, 1.82) is 0 Å². The van der Waals surface area contributed by atoms with Crippen LogP contribution in [0.15, 0.2) is 46.4 Å². The fraction of sp³-hybridized carbons (Fsp3) is 0.417. The third kappa shape index (κ3) is 4.66. The van der Waals surface area contributed by atoms with Crippen LogP contribution in [0.4, 0.5) is 0 Å². The zero-order valence-corrected chi connectivity index (χ0v) is 18.6. The fourth-order valence-electron chi connectivity index (χ4n) is 3.94. The van der Waals surface area contributed by atoms with E-state index in [1.807, 2.05) is 0 Å². The molecule has 2 heterocycles. The van der Waals surface area contributed by atoms with E-state index in [1.54, 1.807) is 43.3 Å². The maximum absolute atomic E-state index is 13.0. The van der Waals surface area contributed by atoms with Crippen LogP contribution in [0.1, 0.15) is 43.4 Å². The third-order valence-electron chi connectivity index (χ3n) is 5.68. The molecule has 0 aliphatic carbocycles. The Kier molecular flexibility index (Phi) is 7.17. The average Bonchev–Trinajstić information content (AvgIpc) is 3.32. The highest BCUT2D eigenvalue weighted by molar-refractivity contribution is 6.46. The summed E-state index contributed by atoms with van der Waals surface area (Å²) < 4.78 is 11.0. The standard InChI is InChI=1S/C24H30N2O5/c1-5-25(6-2)13-8-14-26-21(19-12-11-16(3)31-19)20(23(28)24(26)29)22(27)17-9-7-10-18(15-17)30-4/h7,9-12,15,21,27H,5-6,8,13-14H2,1-4H3. The first kappa shape index (κ1) is 22.6.